The van der Waals surface area contributed by atoms with E-state index in [2.05, 4.69) is 50.5 Å². The summed E-state index contributed by atoms with van der Waals surface area (Å²) < 4.78 is 5.64. The number of fused-ring (bicyclic) bond motifs is 1. The molecule has 4 aromatic heterocycles. The minimum Gasteiger partial charge on any atom is -0.464 e. The Labute approximate surface area is 197 Å². The number of nitrogens with zero attached hydrogens (tertiary/aromatic N) is 4. The molecule has 0 saturated carbocycles. The number of nitrogens with one attached hydrogen (secondary N) is 1. The van der Waals surface area contributed by atoms with Crippen molar-refractivity contribution in [1.82, 2.24) is 19.9 Å². The third-order valence-electron chi connectivity index (χ3n) is 5.73. The molecule has 34 heavy (non-hydrogen) atoms. The fraction of sp³-hybridized carbons (Fsp3) is 0.0714. The van der Waals surface area contributed by atoms with Crippen molar-refractivity contribution in [1.29, 1.82) is 0 Å². The standard InChI is InChI=1S/C28H23N5O/c1-3-19(16-31-27-15-25(32-18-33-27)20-10-11-21(4-2)30-17-20)22-7-5-8-24-23(12-13-29-28(22)24)26-9-6-14-34-26/h3-15,17-19H,1-2,16H2,(H,31,32,33)/t19-/m1/s1. The SMILES string of the molecule is C=Cc1ccc(-c2cc(NC[C@@H](C=C)c3cccc4c(-c5ccco5)ccnc34)ncn2)cn1. The van der Waals surface area contributed by atoms with Crippen LogP contribution >= 0.6 is 0 Å². The summed E-state index contributed by atoms with van der Waals surface area (Å²) in [6.45, 7) is 8.43. The highest BCUT2D eigenvalue weighted by Crippen LogP contribution is 2.32. The van der Waals surface area contributed by atoms with Crippen LogP contribution in [0.15, 0.2) is 103 Å². The van der Waals surface area contributed by atoms with Crippen molar-refractivity contribution in [3.63, 3.8) is 0 Å². The molecule has 1 aromatic carbocycles. The number of anilines is 1. The summed E-state index contributed by atoms with van der Waals surface area (Å²) in [5, 5.41) is 4.47. The lowest BCUT2D eigenvalue weighted by Crippen LogP contribution is -2.12. The van der Waals surface area contributed by atoms with Gasteiger partial charge in [0.25, 0.3) is 0 Å². The average molecular weight is 446 g/mol. The number of benzene rings is 1. The number of rotatable bonds is 8. The third kappa shape index (κ3) is 4.21. The number of pyridine rings is 2. The predicted molar refractivity (Wildman–Crippen MR) is 136 cm³/mol. The summed E-state index contributed by atoms with van der Waals surface area (Å²) in [6, 6.07) is 17.8. The first-order valence-corrected chi connectivity index (χ1v) is 11.0. The maximum absolute atomic E-state index is 5.64. The topological polar surface area (TPSA) is 76.7 Å². The normalized spacial score (nSPS) is 11.8. The van der Waals surface area contributed by atoms with E-state index < -0.39 is 0 Å². The van der Waals surface area contributed by atoms with Gasteiger partial charge in [0.15, 0.2) is 0 Å². The first-order valence-electron chi connectivity index (χ1n) is 11.0. The summed E-state index contributed by atoms with van der Waals surface area (Å²) in [4.78, 5) is 17.8. The lowest BCUT2D eigenvalue weighted by Gasteiger charge is -2.17. The number of hydrogen-bond donors (Lipinski definition) is 1. The zero-order chi connectivity index (χ0) is 23.3. The fourth-order valence-electron chi connectivity index (χ4n) is 3.97. The van der Waals surface area contributed by atoms with Gasteiger partial charge in [-0.05, 0) is 42.0 Å². The molecule has 0 amide bonds. The highest BCUT2D eigenvalue weighted by Gasteiger charge is 2.15. The molecule has 0 fully saturated rings. The van der Waals surface area contributed by atoms with Crippen molar-refractivity contribution in [3.05, 3.63) is 110 Å². The maximum atomic E-state index is 5.64. The van der Waals surface area contributed by atoms with E-state index in [-0.39, 0.29) is 5.92 Å². The van der Waals surface area contributed by atoms with Gasteiger partial charge in [0.2, 0.25) is 0 Å². The quantitative estimate of drug-likeness (QED) is 0.280. The molecule has 0 aliphatic rings. The molecular formula is C28H23N5O. The van der Waals surface area contributed by atoms with Crippen LogP contribution in [0.3, 0.4) is 0 Å². The molecular weight excluding hydrogens is 422 g/mol. The molecule has 5 rings (SSSR count). The van der Waals surface area contributed by atoms with Gasteiger partial charge >= 0.3 is 0 Å². The van der Waals surface area contributed by atoms with Crippen LogP contribution in [0.1, 0.15) is 17.2 Å². The summed E-state index contributed by atoms with van der Waals surface area (Å²) in [6.07, 6.45) is 10.5. The van der Waals surface area contributed by atoms with Crippen molar-refractivity contribution in [3.8, 4) is 22.6 Å². The van der Waals surface area contributed by atoms with Crippen LogP contribution in [0.5, 0.6) is 0 Å². The Kier molecular flexibility index (Phi) is 5.95. The van der Waals surface area contributed by atoms with E-state index in [1.807, 2.05) is 54.7 Å². The van der Waals surface area contributed by atoms with Crippen LogP contribution < -0.4 is 5.32 Å². The molecule has 0 spiro atoms. The Hall–Kier alpha value is -4.58. The molecule has 166 valence electrons. The van der Waals surface area contributed by atoms with Gasteiger partial charge < -0.3 is 9.73 Å². The molecule has 0 aliphatic carbocycles. The monoisotopic (exact) mass is 445 g/mol. The Morgan fingerprint density at radius 3 is 2.68 bits per heavy atom. The predicted octanol–water partition coefficient (Wildman–Crippen LogP) is 6.37. The zero-order valence-corrected chi connectivity index (χ0v) is 18.6. The van der Waals surface area contributed by atoms with Crippen molar-refractivity contribution < 1.29 is 4.42 Å². The van der Waals surface area contributed by atoms with Gasteiger partial charge in [-0.15, -0.1) is 6.58 Å². The lowest BCUT2D eigenvalue weighted by atomic mass is 9.94. The van der Waals surface area contributed by atoms with Gasteiger partial charge in [-0.3, -0.25) is 9.97 Å². The molecule has 0 bridgehead atoms. The van der Waals surface area contributed by atoms with Gasteiger partial charge in [0, 0.05) is 47.4 Å². The Morgan fingerprint density at radius 2 is 1.91 bits per heavy atom. The van der Waals surface area contributed by atoms with Crippen LogP contribution in [-0.2, 0) is 0 Å². The molecule has 0 aliphatic heterocycles. The molecule has 0 radical (unpaired) electrons. The molecule has 5 aromatic rings. The number of hydrogen-bond acceptors (Lipinski definition) is 6. The van der Waals surface area contributed by atoms with Crippen molar-refractivity contribution in [2.45, 2.75) is 5.92 Å². The van der Waals surface area contributed by atoms with Gasteiger partial charge in [0.1, 0.15) is 17.9 Å². The molecule has 4 heterocycles. The molecule has 1 atom stereocenters. The van der Waals surface area contributed by atoms with E-state index in [0.717, 1.165) is 50.6 Å². The molecule has 6 heteroatoms. The minimum atomic E-state index is 0.0232. The van der Waals surface area contributed by atoms with E-state index in [1.54, 1.807) is 24.9 Å². The van der Waals surface area contributed by atoms with E-state index in [4.69, 9.17) is 4.42 Å². The highest BCUT2D eigenvalue weighted by atomic mass is 16.3. The first kappa shape index (κ1) is 21.3. The zero-order valence-electron chi connectivity index (χ0n) is 18.6. The van der Waals surface area contributed by atoms with Crippen molar-refractivity contribution >= 4 is 22.8 Å². The van der Waals surface area contributed by atoms with Crippen LogP contribution in [0.4, 0.5) is 5.82 Å². The van der Waals surface area contributed by atoms with Gasteiger partial charge in [0.05, 0.1) is 23.2 Å². The van der Waals surface area contributed by atoms with Gasteiger partial charge in [-0.25, -0.2) is 9.97 Å². The number of furan rings is 1. The smallest absolute Gasteiger partial charge is 0.134 e. The van der Waals surface area contributed by atoms with Crippen LogP contribution in [0.25, 0.3) is 39.6 Å². The van der Waals surface area contributed by atoms with E-state index in [1.165, 1.54) is 0 Å². The summed E-state index contributed by atoms with van der Waals surface area (Å²) >= 11 is 0. The van der Waals surface area contributed by atoms with E-state index in [9.17, 15) is 0 Å². The second-order valence-electron chi connectivity index (χ2n) is 7.77. The summed E-state index contributed by atoms with van der Waals surface area (Å²) in [5.41, 5.74) is 5.57. The van der Waals surface area contributed by atoms with Crippen LogP contribution in [0, 0.1) is 0 Å². The molecule has 6 nitrogen and oxygen atoms in total. The first-order chi connectivity index (χ1) is 16.8. The summed E-state index contributed by atoms with van der Waals surface area (Å²) in [7, 11) is 0. The number of aromatic nitrogens is 4. The van der Waals surface area contributed by atoms with Crippen LogP contribution in [-0.4, -0.2) is 26.5 Å². The van der Waals surface area contributed by atoms with E-state index in [0.29, 0.717) is 6.54 Å². The molecule has 0 unspecified atom stereocenters. The Bertz CT molecular complexity index is 1440. The minimum absolute atomic E-state index is 0.0232. The fourth-order valence-corrected chi connectivity index (χ4v) is 3.97. The number of para-hydroxylation sites is 1. The lowest BCUT2D eigenvalue weighted by molar-refractivity contribution is 0.583. The average Bonchev–Trinajstić information content (AvgIpc) is 3.44. The van der Waals surface area contributed by atoms with Crippen molar-refractivity contribution in [2.24, 2.45) is 0 Å². The van der Waals surface area contributed by atoms with E-state index >= 15 is 0 Å². The second-order valence-corrected chi connectivity index (χ2v) is 7.77. The Balaban J connectivity index is 1.40. The van der Waals surface area contributed by atoms with Crippen LogP contribution in [0.2, 0.25) is 0 Å². The van der Waals surface area contributed by atoms with Gasteiger partial charge in [-0.1, -0.05) is 30.9 Å². The summed E-state index contributed by atoms with van der Waals surface area (Å²) in [5.74, 6) is 1.58. The largest absolute Gasteiger partial charge is 0.464 e. The maximum Gasteiger partial charge on any atom is 0.134 e. The highest BCUT2D eigenvalue weighted by molar-refractivity contribution is 5.95. The second kappa shape index (κ2) is 9.50. The third-order valence-corrected chi connectivity index (χ3v) is 5.73. The Morgan fingerprint density at radius 1 is 0.971 bits per heavy atom. The molecule has 1 N–H and O–H groups in total. The van der Waals surface area contributed by atoms with Crippen molar-refractivity contribution in [2.75, 3.05) is 11.9 Å². The van der Waals surface area contributed by atoms with Gasteiger partial charge in [-0.2, -0.15) is 0 Å². The molecule has 0 saturated heterocycles.